The van der Waals surface area contributed by atoms with Crippen LogP contribution in [0.4, 0.5) is 0 Å². The van der Waals surface area contributed by atoms with E-state index in [4.69, 9.17) is 18.9 Å². The van der Waals surface area contributed by atoms with E-state index in [1.807, 2.05) is 6.92 Å². The van der Waals surface area contributed by atoms with E-state index in [2.05, 4.69) is 6.58 Å². The van der Waals surface area contributed by atoms with Crippen LogP contribution in [-0.4, -0.2) is 66.6 Å². The number of fused-ring (bicyclic) bond motifs is 2. The number of rotatable bonds is 4. The quantitative estimate of drug-likeness (QED) is 0.503. The Morgan fingerprint density at radius 2 is 1.84 bits per heavy atom. The van der Waals surface area contributed by atoms with Crippen LogP contribution < -0.4 is 0 Å². The Kier molecular flexibility index (Phi) is 5.01. The lowest BCUT2D eigenvalue weighted by atomic mass is 9.57. The first-order valence-electron chi connectivity index (χ1n) is 10.4. The van der Waals surface area contributed by atoms with Crippen LogP contribution in [0, 0.1) is 23.7 Å². The highest BCUT2D eigenvalue weighted by Crippen LogP contribution is 2.66. The van der Waals surface area contributed by atoms with Crippen LogP contribution in [0.1, 0.15) is 26.7 Å². The number of hydrogen-bond acceptors (Lipinski definition) is 8. The molecule has 1 saturated carbocycles. The highest BCUT2D eigenvalue weighted by Gasteiger charge is 2.73. The molecule has 2 heterocycles. The summed E-state index contributed by atoms with van der Waals surface area (Å²) in [6.45, 7) is 7.64. The van der Waals surface area contributed by atoms with E-state index in [0.717, 1.165) is 5.57 Å². The van der Waals surface area contributed by atoms with Crippen LogP contribution in [0.5, 0.6) is 0 Å². The van der Waals surface area contributed by atoms with Crippen molar-refractivity contribution in [1.29, 1.82) is 0 Å². The van der Waals surface area contributed by atoms with E-state index in [-0.39, 0.29) is 17.9 Å². The zero-order valence-electron chi connectivity index (χ0n) is 18.5. The fraction of sp³-hybridized carbons (Fsp3) is 0.652. The predicted molar refractivity (Wildman–Crippen MR) is 108 cm³/mol. The first-order valence-corrected chi connectivity index (χ1v) is 10.4. The summed E-state index contributed by atoms with van der Waals surface area (Å²) in [6, 6.07) is 0. The molecule has 31 heavy (non-hydrogen) atoms. The molecule has 2 bridgehead atoms. The van der Waals surface area contributed by atoms with Gasteiger partial charge in [0.05, 0.1) is 31.5 Å². The molecule has 4 aliphatic rings. The molecule has 1 spiro atoms. The van der Waals surface area contributed by atoms with E-state index in [1.54, 1.807) is 19.1 Å². The van der Waals surface area contributed by atoms with Crippen molar-refractivity contribution in [3.05, 3.63) is 35.5 Å². The molecule has 2 N–H and O–H groups in total. The number of aliphatic hydroxyl groups is 2. The smallest absolute Gasteiger partial charge is 0.339 e. The fourth-order valence-corrected chi connectivity index (χ4v) is 6.47. The third-order valence-electron chi connectivity index (χ3n) is 7.62. The van der Waals surface area contributed by atoms with Crippen LogP contribution in [0.25, 0.3) is 0 Å². The molecule has 1 unspecified atom stereocenters. The van der Waals surface area contributed by atoms with Crippen molar-refractivity contribution in [3.8, 4) is 0 Å². The van der Waals surface area contributed by atoms with Crippen molar-refractivity contribution < 1.29 is 38.7 Å². The van der Waals surface area contributed by atoms with Crippen LogP contribution in [0.2, 0.25) is 0 Å². The maximum atomic E-state index is 12.7. The fourth-order valence-electron chi connectivity index (χ4n) is 6.47. The summed E-state index contributed by atoms with van der Waals surface area (Å²) in [5.41, 5.74) is -1.22. The summed E-state index contributed by atoms with van der Waals surface area (Å²) in [4.78, 5) is 25.4. The van der Waals surface area contributed by atoms with Crippen LogP contribution in [-0.2, 0) is 28.5 Å². The number of ether oxygens (including phenoxy) is 4. The third-order valence-corrected chi connectivity index (χ3v) is 7.62. The summed E-state index contributed by atoms with van der Waals surface area (Å²) >= 11 is 0. The summed E-state index contributed by atoms with van der Waals surface area (Å²) < 4.78 is 22.4. The van der Waals surface area contributed by atoms with Gasteiger partial charge in [-0.2, -0.15) is 0 Å². The van der Waals surface area contributed by atoms with Gasteiger partial charge >= 0.3 is 11.9 Å². The molecule has 0 aromatic rings. The lowest BCUT2D eigenvalue weighted by Crippen LogP contribution is -2.63. The predicted octanol–water partition coefficient (Wildman–Crippen LogP) is 1.27. The lowest BCUT2D eigenvalue weighted by molar-refractivity contribution is -0.300. The molecule has 4 rings (SSSR count). The van der Waals surface area contributed by atoms with Gasteiger partial charge in [0.2, 0.25) is 5.79 Å². The highest BCUT2D eigenvalue weighted by atomic mass is 16.7. The Balaban J connectivity index is 2.02. The SMILES string of the molecule is C=C(C)[C@@H]1C[C@]2(OC)O[C@@]3(C=C2C(=O)OC)[C@@H]1C=C(C(=O)OC)C1[C@H](O)C[C@](C)(O)[C@H]13. The van der Waals surface area contributed by atoms with Crippen molar-refractivity contribution in [2.45, 2.75) is 49.8 Å². The lowest BCUT2D eigenvalue weighted by Gasteiger charge is -2.56. The Hall–Kier alpha value is -2.00. The van der Waals surface area contributed by atoms with Gasteiger partial charge in [0.25, 0.3) is 0 Å². The van der Waals surface area contributed by atoms with Gasteiger partial charge < -0.3 is 29.2 Å². The largest absolute Gasteiger partial charge is 0.466 e. The molecular weight excluding hydrogens is 404 g/mol. The number of hydrogen-bond donors (Lipinski definition) is 2. The maximum Gasteiger partial charge on any atom is 0.339 e. The van der Waals surface area contributed by atoms with Crippen LogP contribution in [0.15, 0.2) is 35.5 Å². The number of carbonyl (C=O) groups is 2. The zero-order valence-corrected chi connectivity index (χ0v) is 18.5. The first-order chi connectivity index (χ1) is 14.5. The molecule has 8 heteroatoms. The second kappa shape index (κ2) is 7.00. The number of aliphatic hydroxyl groups excluding tert-OH is 1. The topological polar surface area (TPSA) is 112 Å². The number of esters is 2. The first kappa shape index (κ1) is 22.2. The molecule has 0 aromatic carbocycles. The average molecular weight is 434 g/mol. The standard InChI is InChI=1S/C23H30O8/c1-11(2)13-8-23(30-6)15(20(26)29-5)9-22(31-23)14(13)7-12(19(25)28-4)17-16(24)10-21(3,27)18(17)22/h7,9,13-14,16-18,24,27H,1,8,10H2,2-6H3/t13-,14+,16+,17?,18-,21-,22-,23-/m0/s1. The Bertz CT molecular complexity index is 901. The summed E-state index contributed by atoms with van der Waals surface area (Å²) in [5.74, 6) is -4.62. The molecule has 0 aromatic heterocycles. The number of carbonyl (C=O) groups excluding carboxylic acids is 2. The molecular formula is C23H30O8. The third kappa shape index (κ3) is 2.81. The molecule has 2 aliphatic carbocycles. The van der Waals surface area contributed by atoms with Gasteiger partial charge in [0.1, 0.15) is 5.60 Å². The second-order valence-electron chi connectivity index (χ2n) is 9.39. The normalized spacial score (nSPS) is 45.2. The van der Waals surface area contributed by atoms with Gasteiger partial charge in [-0.3, -0.25) is 0 Å². The van der Waals surface area contributed by atoms with Gasteiger partial charge in [0.15, 0.2) is 0 Å². The summed E-state index contributed by atoms with van der Waals surface area (Å²) in [5, 5.41) is 22.3. The number of methoxy groups -OCH3 is 3. The number of allylic oxidation sites excluding steroid dienone is 1. The van der Waals surface area contributed by atoms with Crippen molar-refractivity contribution in [2.75, 3.05) is 21.3 Å². The van der Waals surface area contributed by atoms with Crippen LogP contribution in [0.3, 0.4) is 0 Å². The molecule has 8 atom stereocenters. The van der Waals surface area contributed by atoms with Crippen LogP contribution >= 0.6 is 0 Å². The van der Waals surface area contributed by atoms with E-state index in [1.165, 1.54) is 21.3 Å². The van der Waals surface area contributed by atoms with Crippen molar-refractivity contribution in [1.82, 2.24) is 0 Å². The average Bonchev–Trinajstić information content (AvgIpc) is 3.14. The monoisotopic (exact) mass is 434 g/mol. The van der Waals surface area contributed by atoms with Gasteiger partial charge in [-0.1, -0.05) is 18.2 Å². The van der Waals surface area contributed by atoms with Crippen molar-refractivity contribution >= 4 is 11.9 Å². The highest BCUT2D eigenvalue weighted by molar-refractivity contribution is 5.92. The summed E-state index contributed by atoms with van der Waals surface area (Å²) in [6.07, 6.45) is 2.81. The van der Waals surface area contributed by atoms with Crippen molar-refractivity contribution in [3.63, 3.8) is 0 Å². The van der Waals surface area contributed by atoms with Gasteiger partial charge in [0, 0.05) is 43.3 Å². The molecule has 1 saturated heterocycles. The van der Waals surface area contributed by atoms with Gasteiger partial charge in [-0.15, -0.1) is 0 Å². The molecule has 0 amide bonds. The van der Waals surface area contributed by atoms with E-state index < -0.39 is 52.8 Å². The molecule has 2 fully saturated rings. The maximum absolute atomic E-state index is 12.7. The molecule has 2 aliphatic heterocycles. The Labute approximate surface area is 181 Å². The minimum absolute atomic E-state index is 0.0492. The zero-order chi connectivity index (χ0) is 22.9. The van der Waals surface area contributed by atoms with Gasteiger partial charge in [-0.05, 0) is 25.8 Å². The molecule has 170 valence electrons. The van der Waals surface area contributed by atoms with Gasteiger partial charge in [-0.25, -0.2) is 9.59 Å². The molecule has 8 nitrogen and oxygen atoms in total. The van der Waals surface area contributed by atoms with E-state index >= 15 is 0 Å². The minimum Gasteiger partial charge on any atom is -0.466 e. The van der Waals surface area contributed by atoms with E-state index in [9.17, 15) is 19.8 Å². The second-order valence-corrected chi connectivity index (χ2v) is 9.39. The van der Waals surface area contributed by atoms with Crippen molar-refractivity contribution in [2.24, 2.45) is 23.7 Å². The Morgan fingerprint density at radius 3 is 2.39 bits per heavy atom. The Morgan fingerprint density at radius 1 is 1.19 bits per heavy atom. The molecule has 0 radical (unpaired) electrons. The van der Waals surface area contributed by atoms with E-state index in [0.29, 0.717) is 12.0 Å². The summed E-state index contributed by atoms with van der Waals surface area (Å²) in [7, 11) is 4.04. The minimum atomic E-state index is -1.38.